The highest BCUT2D eigenvalue weighted by molar-refractivity contribution is 6.31. The summed E-state index contributed by atoms with van der Waals surface area (Å²) in [5, 5.41) is 0.553. The van der Waals surface area contributed by atoms with Gasteiger partial charge in [-0.1, -0.05) is 35.9 Å². The summed E-state index contributed by atoms with van der Waals surface area (Å²) < 4.78 is 0. The molecule has 0 saturated carbocycles. The van der Waals surface area contributed by atoms with Crippen molar-refractivity contribution in [3.8, 4) is 0 Å². The molecule has 1 fully saturated rings. The fourth-order valence-corrected chi connectivity index (χ4v) is 3.33. The molecule has 0 spiro atoms. The average Bonchev–Trinajstić information content (AvgIpc) is 2.62. The summed E-state index contributed by atoms with van der Waals surface area (Å²) in [5.41, 5.74) is 1.41. The molecule has 6 heteroatoms. The van der Waals surface area contributed by atoms with Crippen molar-refractivity contribution >= 4 is 34.9 Å². The zero-order valence-corrected chi connectivity index (χ0v) is 15.4. The van der Waals surface area contributed by atoms with Crippen molar-refractivity contribution < 1.29 is 14.4 Å². The Morgan fingerprint density at radius 3 is 2.42 bits per heavy atom. The van der Waals surface area contributed by atoms with E-state index in [0.717, 1.165) is 0 Å². The molecule has 0 aromatic heterocycles. The third-order valence-corrected chi connectivity index (χ3v) is 4.74. The molecule has 0 bridgehead atoms. The third kappa shape index (κ3) is 3.48. The van der Waals surface area contributed by atoms with E-state index in [1.165, 1.54) is 11.8 Å². The van der Waals surface area contributed by atoms with E-state index in [1.807, 2.05) is 13.0 Å². The van der Waals surface area contributed by atoms with Crippen molar-refractivity contribution in [3.05, 3.63) is 64.7 Å². The Balaban J connectivity index is 1.85. The number of benzene rings is 2. The minimum Gasteiger partial charge on any atom is -0.325 e. The summed E-state index contributed by atoms with van der Waals surface area (Å²) in [6.45, 7) is 3.64. The molecule has 0 N–H and O–H groups in total. The maximum absolute atomic E-state index is 13.0. The SMILES string of the molecule is CC(=O)c1ccccc1C(=O)N1CC(=O)N(c2cccc(Cl)c2)C[C@H]1C. The van der Waals surface area contributed by atoms with Gasteiger partial charge in [-0.2, -0.15) is 0 Å². The molecular formula is C20H19ClN2O3. The monoisotopic (exact) mass is 370 g/mol. The smallest absolute Gasteiger partial charge is 0.255 e. The summed E-state index contributed by atoms with van der Waals surface area (Å²) in [6.07, 6.45) is 0. The van der Waals surface area contributed by atoms with E-state index in [1.54, 1.807) is 47.4 Å². The lowest BCUT2D eigenvalue weighted by molar-refractivity contribution is -0.121. The van der Waals surface area contributed by atoms with Crippen LogP contribution in [0.15, 0.2) is 48.5 Å². The van der Waals surface area contributed by atoms with Gasteiger partial charge >= 0.3 is 0 Å². The van der Waals surface area contributed by atoms with Crippen molar-refractivity contribution in [1.82, 2.24) is 4.90 Å². The van der Waals surface area contributed by atoms with E-state index in [9.17, 15) is 14.4 Å². The van der Waals surface area contributed by atoms with Crippen LogP contribution in [0.4, 0.5) is 5.69 Å². The molecule has 134 valence electrons. The summed E-state index contributed by atoms with van der Waals surface area (Å²) in [6, 6.07) is 13.6. The first kappa shape index (κ1) is 18.1. The summed E-state index contributed by atoms with van der Waals surface area (Å²) in [4.78, 5) is 40.6. The first-order chi connectivity index (χ1) is 12.4. The van der Waals surface area contributed by atoms with Crippen LogP contribution in [0.2, 0.25) is 5.02 Å². The molecule has 1 atom stereocenters. The molecule has 26 heavy (non-hydrogen) atoms. The summed E-state index contributed by atoms with van der Waals surface area (Å²) in [7, 11) is 0. The number of carbonyl (C=O) groups excluding carboxylic acids is 3. The number of rotatable bonds is 3. The Labute approximate surface area is 157 Å². The maximum atomic E-state index is 13.0. The van der Waals surface area contributed by atoms with Crippen LogP contribution in [-0.2, 0) is 4.79 Å². The van der Waals surface area contributed by atoms with Gasteiger partial charge in [0.1, 0.15) is 6.54 Å². The number of piperazine rings is 1. The lowest BCUT2D eigenvalue weighted by Gasteiger charge is -2.39. The zero-order valence-electron chi connectivity index (χ0n) is 14.6. The number of hydrogen-bond acceptors (Lipinski definition) is 3. The number of amides is 2. The Morgan fingerprint density at radius 2 is 1.77 bits per heavy atom. The van der Waals surface area contributed by atoms with Crippen molar-refractivity contribution in [2.45, 2.75) is 19.9 Å². The van der Waals surface area contributed by atoms with Crippen LogP contribution in [0.1, 0.15) is 34.6 Å². The van der Waals surface area contributed by atoms with Gasteiger partial charge in [-0.3, -0.25) is 14.4 Å². The topological polar surface area (TPSA) is 57.7 Å². The van der Waals surface area contributed by atoms with E-state index in [2.05, 4.69) is 0 Å². The van der Waals surface area contributed by atoms with E-state index < -0.39 is 0 Å². The van der Waals surface area contributed by atoms with Crippen LogP contribution in [0.25, 0.3) is 0 Å². The van der Waals surface area contributed by atoms with Crippen LogP contribution in [0, 0.1) is 0 Å². The quantitative estimate of drug-likeness (QED) is 0.778. The first-order valence-electron chi connectivity index (χ1n) is 8.35. The largest absolute Gasteiger partial charge is 0.325 e. The van der Waals surface area contributed by atoms with Crippen LogP contribution < -0.4 is 4.90 Å². The maximum Gasteiger partial charge on any atom is 0.255 e. The lowest BCUT2D eigenvalue weighted by Crippen LogP contribution is -2.57. The van der Waals surface area contributed by atoms with Gasteiger partial charge in [0.05, 0.1) is 5.56 Å². The number of anilines is 1. The number of ketones is 1. The van der Waals surface area contributed by atoms with Crippen molar-refractivity contribution in [2.75, 3.05) is 18.0 Å². The molecule has 1 aliphatic rings. The summed E-state index contributed by atoms with van der Waals surface area (Å²) >= 11 is 6.02. The second-order valence-corrected chi connectivity index (χ2v) is 6.80. The molecule has 1 saturated heterocycles. The van der Waals surface area contributed by atoms with Gasteiger partial charge < -0.3 is 9.80 Å². The van der Waals surface area contributed by atoms with Gasteiger partial charge in [-0.15, -0.1) is 0 Å². The van der Waals surface area contributed by atoms with Crippen LogP contribution in [0.3, 0.4) is 0 Å². The van der Waals surface area contributed by atoms with Gasteiger partial charge in [0.25, 0.3) is 5.91 Å². The van der Waals surface area contributed by atoms with Gasteiger partial charge in [0.15, 0.2) is 5.78 Å². The Kier molecular flexibility index (Phi) is 5.09. The third-order valence-electron chi connectivity index (χ3n) is 4.50. The summed E-state index contributed by atoms with van der Waals surface area (Å²) in [5.74, 6) is -0.660. The first-order valence-corrected chi connectivity index (χ1v) is 8.73. The van der Waals surface area contributed by atoms with E-state index in [4.69, 9.17) is 11.6 Å². The predicted octanol–water partition coefficient (Wildman–Crippen LogP) is 3.42. The lowest BCUT2D eigenvalue weighted by atomic mass is 10.0. The Morgan fingerprint density at radius 1 is 1.08 bits per heavy atom. The normalized spacial score (nSPS) is 17.3. The van der Waals surface area contributed by atoms with Crippen LogP contribution in [-0.4, -0.2) is 41.6 Å². The second kappa shape index (κ2) is 7.30. The molecule has 5 nitrogen and oxygen atoms in total. The van der Waals surface area contributed by atoms with E-state index in [0.29, 0.717) is 28.4 Å². The number of Topliss-reactive ketones (excluding diaryl/α,β-unsaturated/α-hetero) is 1. The molecule has 1 heterocycles. The molecule has 3 rings (SSSR count). The molecule has 1 aliphatic heterocycles. The molecule has 2 amide bonds. The van der Waals surface area contributed by atoms with Gasteiger partial charge in [-0.05, 0) is 38.1 Å². The fourth-order valence-electron chi connectivity index (χ4n) is 3.15. The fraction of sp³-hybridized carbons (Fsp3) is 0.250. The standard InChI is InChI=1S/C20H19ClN2O3/c1-13-11-23(16-7-5-6-15(21)10-16)19(25)12-22(13)20(26)18-9-4-3-8-17(18)14(2)24/h3-10,13H,11-12H2,1-2H3/t13-/m1/s1. The van der Waals surface area contributed by atoms with Gasteiger partial charge in [0, 0.05) is 28.9 Å². The highest BCUT2D eigenvalue weighted by Crippen LogP contribution is 2.24. The highest BCUT2D eigenvalue weighted by atomic mass is 35.5. The Bertz CT molecular complexity index is 881. The van der Waals surface area contributed by atoms with Crippen molar-refractivity contribution in [2.24, 2.45) is 0 Å². The number of carbonyl (C=O) groups is 3. The van der Waals surface area contributed by atoms with E-state index >= 15 is 0 Å². The van der Waals surface area contributed by atoms with Crippen LogP contribution >= 0.6 is 11.6 Å². The molecule has 0 unspecified atom stereocenters. The second-order valence-electron chi connectivity index (χ2n) is 6.37. The van der Waals surface area contributed by atoms with Crippen molar-refractivity contribution in [3.63, 3.8) is 0 Å². The molecule has 2 aromatic carbocycles. The molecule has 0 aliphatic carbocycles. The molecule has 2 aromatic rings. The van der Waals surface area contributed by atoms with Crippen molar-refractivity contribution in [1.29, 1.82) is 0 Å². The number of hydrogen-bond donors (Lipinski definition) is 0. The Hall–Kier alpha value is -2.66. The van der Waals surface area contributed by atoms with E-state index in [-0.39, 0.29) is 30.2 Å². The van der Waals surface area contributed by atoms with Gasteiger partial charge in [-0.25, -0.2) is 0 Å². The number of nitrogens with zero attached hydrogens (tertiary/aromatic N) is 2. The number of halogens is 1. The average molecular weight is 371 g/mol. The van der Waals surface area contributed by atoms with Gasteiger partial charge in [0.2, 0.25) is 5.91 Å². The zero-order chi connectivity index (χ0) is 18.8. The predicted molar refractivity (Wildman–Crippen MR) is 101 cm³/mol. The molecule has 0 radical (unpaired) electrons. The van der Waals surface area contributed by atoms with Crippen LogP contribution in [0.5, 0.6) is 0 Å². The highest BCUT2D eigenvalue weighted by Gasteiger charge is 2.34. The minimum atomic E-state index is -0.303. The molecular weight excluding hydrogens is 352 g/mol. The minimum absolute atomic E-state index is 0.0429.